The SMILES string of the molecule is CC(=O)Nc1cccc(C(=O)NCC(=O)Nc2ccc(N(C)C)cc2)c1. The van der Waals surface area contributed by atoms with Gasteiger partial charge in [-0.15, -0.1) is 0 Å². The minimum atomic E-state index is -0.393. The zero-order valence-electron chi connectivity index (χ0n) is 15.0. The fourth-order valence-corrected chi connectivity index (χ4v) is 2.25. The summed E-state index contributed by atoms with van der Waals surface area (Å²) in [5.41, 5.74) is 2.56. The molecule has 0 saturated carbocycles. The van der Waals surface area contributed by atoms with Gasteiger partial charge in [0, 0.05) is 43.6 Å². The van der Waals surface area contributed by atoms with Gasteiger partial charge >= 0.3 is 0 Å². The number of carbonyl (C=O) groups is 3. The second-order valence-corrected chi connectivity index (χ2v) is 5.93. The third-order valence-electron chi connectivity index (χ3n) is 3.52. The molecule has 0 heterocycles. The molecular formula is C19H22N4O3. The zero-order valence-corrected chi connectivity index (χ0v) is 15.0. The molecule has 0 aliphatic rings. The van der Waals surface area contributed by atoms with Crippen LogP contribution in [0.25, 0.3) is 0 Å². The van der Waals surface area contributed by atoms with Gasteiger partial charge in [-0.2, -0.15) is 0 Å². The Kier molecular flexibility index (Phi) is 6.32. The summed E-state index contributed by atoms with van der Waals surface area (Å²) in [6.45, 7) is 1.24. The summed E-state index contributed by atoms with van der Waals surface area (Å²) >= 11 is 0. The summed E-state index contributed by atoms with van der Waals surface area (Å²) in [6, 6.07) is 13.9. The molecule has 0 aliphatic carbocycles. The van der Waals surface area contributed by atoms with Crippen LogP contribution in [0.4, 0.5) is 17.1 Å². The van der Waals surface area contributed by atoms with Crippen molar-refractivity contribution in [3.8, 4) is 0 Å². The monoisotopic (exact) mass is 354 g/mol. The van der Waals surface area contributed by atoms with Crippen molar-refractivity contribution in [3.63, 3.8) is 0 Å². The highest BCUT2D eigenvalue weighted by Crippen LogP contribution is 2.15. The summed E-state index contributed by atoms with van der Waals surface area (Å²) in [5, 5.41) is 7.89. The standard InChI is InChI=1S/C19H22N4O3/c1-13(24)21-16-6-4-5-14(11-16)19(26)20-12-18(25)22-15-7-9-17(10-8-15)23(2)3/h4-11H,12H2,1-3H3,(H,20,26)(H,21,24)(H,22,25). The summed E-state index contributed by atoms with van der Waals surface area (Å²) in [5.74, 6) is -0.938. The molecular weight excluding hydrogens is 332 g/mol. The highest BCUT2D eigenvalue weighted by atomic mass is 16.2. The molecule has 2 aromatic carbocycles. The van der Waals surface area contributed by atoms with E-state index >= 15 is 0 Å². The first kappa shape index (κ1) is 19.0. The van der Waals surface area contributed by atoms with Gasteiger partial charge in [-0.1, -0.05) is 6.07 Å². The second kappa shape index (κ2) is 8.66. The Morgan fingerprint density at radius 1 is 0.923 bits per heavy atom. The molecule has 0 atom stereocenters. The molecule has 0 saturated heterocycles. The number of carbonyl (C=O) groups excluding carboxylic acids is 3. The maximum absolute atomic E-state index is 12.1. The van der Waals surface area contributed by atoms with Crippen molar-refractivity contribution in [3.05, 3.63) is 54.1 Å². The number of nitrogens with one attached hydrogen (secondary N) is 3. The Labute approximate surface area is 152 Å². The molecule has 0 unspecified atom stereocenters. The summed E-state index contributed by atoms with van der Waals surface area (Å²) < 4.78 is 0. The van der Waals surface area contributed by atoms with Crippen LogP contribution in [-0.2, 0) is 9.59 Å². The minimum Gasteiger partial charge on any atom is -0.378 e. The third-order valence-corrected chi connectivity index (χ3v) is 3.52. The predicted octanol–water partition coefficient (Wildman–Crippen LogP) is 2.08. The lowest BCUT2D eigenvalue weighted by Crippen LogP contribution is -2.32. The average molecular weight is 354 g/mol. The fourth-order valence-electron chi connectivity index (χ4n) is 2.25. The molecule has 7 nitrogen and oxygen atoms in total. The second-order valence-electron chi connectivity index (χ2n) is 5.93. The van der Waals surface area contributed by atoms with Crippen molar-refractivity contribution in [2.45, 2.75) is 6.92 Å². The largest absolute Gasteiger partial charge is 0.378 e. The third kappa shape index (κ3) is 5.62. The molecule has 0 aliphatic heterocycles. The van der Waals surface area contributed by atoms with Crippen molar-refractivity contribution in [2.24, 2.45) is 0 Å². The van der Waals surface area contributed by atoms with Gasteiger partial charge in [0.05, 0.1) is 6.54 Å². The number of anilines is 3. The molecule has 2 rings (SSSR count). The van der Waals surface area contributed by atoms with Crippen molar-refractivity contribution in [1.82, 2.24) is 5.32 Å². The van der Waals surface area contributed by atoms with Gasteiger partial charge in [0.15, 0.2) is 0 Å². The van der Waals surface area contributed by atoms with Crippen molar-refractivity contribution in [2.75, 3.05) is 36.2 Å². The Bertz CT molecular complexity index is 801. The van der Waals surface area contributed by atoms with Crippen LogP contribution in [0.15, 0.2) is 48.5 Å². The number of rotatable bonds is 6. The van der Waals surface area contributed by atoms with E-state index in [-0.39, 0.29) is 18.4 Å². The zero-order chi connectivity index (χ0) is 19.1. The molecule has 26 heavy (non-hydrogen) atoms. The van der Waals surface area contributed by atoms with E-state index in [9.17, 15) is 14.4 Å². The van der Waals surface area contributed by atoms with E-state index in [0.717, 1.165) is 5.69 Å². The van der Waals surface area contributed by atoms with Gasteiger partial charge in [-0.3, -0.25) is 14.4 Å². The van der Waals surface area contributed by atoms with E-state index < -0.39 is 5.91 Å². The molecule has 0 aromatic heterocycles. The van der Waals surface area contributed by atoms with Crippen LogP contribution in [0.1, 0.15) is 17.3 Å². The van der Waals surface area contributed by atoms with Crippen molar-refractivity contribution >= 4 is 34.8 Å². The molecule has 3 N–H and O–H groups in total. The normalized spacial score (nSPS) is 9.96. The number of benzene rings is 2. The average Bonchev–Trinajstić information content (AvgIpc) is 2.59. The Hall–Kier alpha value is -3.35. The molecule has 2 aromatic rings. The first-order valence-corrected chi connectivity index (χ1v) is 8.08. The number of amides is 3. The van der Waals surface area contributed by atoms with Gasteiger partial charge in [0.2, 0.25) is 11.8 Å². The van der Waals surface area contributed by atoms with E-state index in [4.69, 9.17) is 0 Å². The maximum atomic E-state index is 12.1. The van der Waals surface area contributed by atoms with Gasteiger partial charge in [0.1, 0.15) is 0 Å². The number of hydrogen-bond donors (Lipinski definition) is 3. The maximum Gasteiger partial charge on any atom is 0.251 e. The molecule has 136 valence electrons. The first-order valence-electron chi connectivity index (χ1n) is 8.08. The lowest BCUT2D eigenvalue weighted by atomic mass is 10.2. The van der Waals surface area contributed by atoms with Crippen molar-refractivity contribution in [1.29, 1.82) is 0 Å². The van der Waals surface area contributed by atoms with E-state index in [1.165, 1.54) is 6.92 Å². The van der Waals surface area contributed by atoms with Crippen LogP contribution < -0.4 is 20.9 Å². The topological polar surface area (TPSA) is 90.5 Å². The van der Waals surface area contributed by atoms with Crippen molar-refractivity contribution < 1.29 is 14.4 Å². The molecule has 7 heteroatoms. The Balaban J connectivity index is 1.88. The number of nitrogens with zero attached hydrogens (tertiary/aromatic N) is 1. The molecule has 0 spiro atoms. The van der Waals surface area contributed by atoms with E-state index in [2.05, 4.69) is 16.0 Å². The minimum absolute atomic E-state index is 0.154. The fraction of sp³-hybridized carbons (Fsp3) is 0.211. The lowest BCUT2D eigenvalue weighted by molar-refractivity contribution is -0.115. The van der Waals surface area contributed by atoms with Gasteiger partial charge < -0.3 is 20.9 Å². The van der Waals surface area contributed by atoms with Crippen LogP contribution in [0.5, 0.6) is 0 Å². The predicted molar refractivity (Wildman–Crippen MR) is 102 cm³/mol. The molecule has 0 radical (unpaired) electrons. The smallest absolute Gasteiger partial charge is 0.251 e. The molecule has 0 fully saturated rings. The lowest BCUT2D eigenvalue weighted by Gasteiger charge is -2.13. The molecule has 0 bridgehead atoms. The van der Waals surface area contributed by atoms with E-state index in [0.29, 0.717) is 16.9 Å². The van der Waals surface area contributed by atoms with Gasteiger partial charge in [-0.25, -0.2) is 0 Å². The van der Waals surface area contributed by atoms with Crippen LogP contribution in [0, 0.1) is 0 Å². The van der Waals surface area contributed by atoms with Crippen LogP contribution >= 0.6 is 0 Å². The summed E-state index contributed by atoms with van der Waals surface area (Å²) in [6.07, 6.45) is 0. The summed E-state index contributed by atoms with van der Waals surface area (Å²) in [4.78, 5) is 37.2. The van der Waals surface area contributed by atoms with Gasteiger partial charge in [-0.05, 0) is 42.5 Å². The van der Waals surface area contributed by atoms with Crippen LogP contribution in [0.3, 0.4) is 0 Å². The van der Waals surface area contributed by atoms with Crippen LogP contribution in [-0.4, -0.2) is 38.4 Å². The molecule has 3 amide bonds. The summed E-state index contributed by atoms with van der Waals surface area (Å²) in [7, 11) is 3.87. The highest BCUT2D eigenvalue weighted by Gasteiger charge is 2.09. The van der Waals surface area contributed by atoms with E-state index in [1.807, 2.05) is 31.1 Å². The quantitative estimate of drug-likeness (QED) is 0.741. The van der Waals surface area contributed by atoms with E-state index in [1.54, 1.807) is 36.4 Å². The first-order chi connectivity index (χ1) is 12.3. The van der Waals surface area contributed by atoms with Crippen LogP contribution in [0.2, 0.25) is 0 Å². The van der Waals surface area contributed by atoms with Gasteiger partial charge in [0.25, 0.3) is 5.91 Å². The number of hydrogen-bond acceptors (Lipinski definition) is 4. The Morgan fingerprint density at radius 2 is 1.62 bits per heavy atom. The highest BCUT2D eigenvalue weighted by molar-refractivity contribution is 6.00. The Morgan fingerprint density at radius 3 is 2.23 bits per heavy atom.